The largest absolute Gasteiger partial charge is 0.382 e. The third-order valence-electron chi connectivity index (χ3n) is 3.42. The van der Waals surface area contributed by atoms with Crippen LogP contribution in [0.5, 0.6) is 0 Å². The number of nitrogens with two attached hydrogens (primary N) is 1. The fraction of sp³-hybridized carbons (Fsp3) is 0.400. The number of nitrogens with zero attached hydrogens (tertiary/aromatic N) is 2. The molecule has 0 saturated heterocycles. The van der Waals surface area contributed by atoms with Crippen LogP contribution >= 0.6 is 0 Å². The van der Waals surface area contributed by atoms with E-state index in [0.29, 0.717) is 18.0 Å². The van der Waals surface area contributed by atoms with Crippen molar-refractivity contribution in [2.45, 2.75) is 25.9 Å². The summed E-state index contributed by atoms with van der Waals surface area (Å²) >= 11 is 0. The standard InChI is InChI=1S/C15H20N4O2/c1-3-8-19(2)14(16)11-6-4-10(5-7-11)12-9-13(15(17)20)21-18-12/h4-7,13,16H,3,8-9H2,1-2H3,(H2,17,20). The van der Waals surface area contributed by atoms with Gasteiger partial charge >= 0.3 is 0 Å². The van der Waals surface area contributed by atoms with Gasteiger partial charge in [0, 0.05) is 25.6 Å². The summed E-state index contributed by atoms with van der Waals surface area (Å²) in [6.45, 7) is 2.93. The van der Waals surface area contributed by atoms with Crippen LogP contribution in [0.4, 0.5) is 0 Å². The summed E-state index contributed by atoms with van der Waals surface area (Å²) in [5, 5.41) is 12.0. The topological polar surface area (TPSA) is 91.8 Å². The number of carbonyl (C=O) groups excluding carboxylic acids is 1. The van der Waals surface area contributed by atoms with Gasteiger partial charge in [0.2, 0.25) is 6.10 Å². The van der Waals surface area contributed by atoms with Crippen LogP contribution in [0.15, 0.2) is 29.4 Å². The number of nitrogens with one attached hydrogen (secondary N) is 1. The minimum atomic E-state index is -0.673. The lowest BCUT2D eigenvalue weighted by Gasteiger charge is -2.19. The first-order chi connectivity index (χ1) is 10.0. The zero-order valence-corrected chi connectivity index (χ0v) is 12.3. The zero-order valence-electron chi connectivity index (χ0n) is 12.3. The van der Waals surface area contributed by atoms with Gasteiger partial charge in [-0.05, 0) is 12.0 Å². The molecular formula is C15H20N4O2. The van der Waals surface area contributed by atoms with E-state index in [1.165, 1.54) is 0 Å². The summed E-state index contributed by atoms with van der Waals surface area (Å²) in [5.41, 5.74) is 7.63. The third-order valence-corrected chi connectivity index (χ3v) is 3.42. The van der Waals surface area contributed by atoms with Crippen molar-refractivity contribution in [3.8, 4) is 0 Å². The first kappa shape index (κ1) is 15.0. The average Bonchev–Trinajstić information content (AvgIpc) is 2.97. The van der Waals surface area contributed by atoms with E-state index < -0.39 is 12.0 Å². The number of rotatable bonds is 5. The van der Waals surface area contributed by atoms with Gasteiger partial charge in [0.1, 0.15) is 5.84 Å². The molecule has 1 aliphatic rings. The molecule has 1 aliphatic heterocycles. The molecule has 2 rings (SSSR count). The summed E-state index contributed by atoms with van der Waals surface area (Å²) in [7, 11) is 1.91. The number of oxime groups is 1. The molecule has 0 bridgehead atoms. The summed E-state index contributed by atoms with van der Waals surface area (Å²) in [5.74, 6) is -0.0173. The van der Waals surface area contributed by atoms with Gasteiger partial charge < -0.3 is 15.5 Å². The Balaban J connectivity index is 2.06. The van der Waals surface area contributed by atoms with Gasteiger partial charge in [-0.15, -0.1) is 0 Å². The van der Waals surface area contributed by atoms with Crippen LogP contribution in [0.2, 0.25) is 0 Å². The minimum Gasteiger partial charge on any atom is -0.382 e. The number of amides is 1. The molecule has 0 saturated carbocycles. The minimum absolute atomic E-state index is 0.391. The molecule has 0 fully saturated rings. The highest BCUT2D eigenvalue weighted by atomic mass is 16.6. The molecule has 6 heteroatoms. The predicted molar refractivity (Wildman–Crippen MR) is 81.4 cm³/mol. The lowest BCUT2D eigenvalue weighted by molar-refractivity contribution is -0.127. The zero-order chi connectivity index (χ0) is 15.4. The molecule has 1 heterocycles. The van der Waals surface area contributed by atoms with Gasteiger partial charge in [-0.2, -0.15) is 0 Å². The Bertz CT molecular complexity index is 566. The van der Waals surface area contributed by atoms with Gasteiger partial charge in [-0.1, -0.05) is 36.3 Å². The Kier molecular flexibility index (Phi) is 4.57. The molecule has 21 heavy (non-hydrogen) atoms. The predicted octanol–water partition coefficient (Wildman–Crippen LogP) is 1.33. The third kappa shape index (κ3) is 3.39. The van der Waals surface area contributed by atoms with Crippen LogP contribution in [0.1, 0.15) is 30.9 Å². The van der Waals surface area contributed by atoms with Gasteiger partial charge in [-0.25, -0.2) is 0 Å². The van der Waals surface area contributed by atoms with E-state index in [9.17, 15) is 4.79 Å². The maximum atomic E-state index is 11.0. The number of benzene rings is 1. The van der Waals surface area contributed by atoms with Crippen molar-refractivity contribution >= 4 is 17.5 Å². The number of hydrogen-bond acceptors (Lipinski definition) is 4. The fourth-order valence-electron chi connectivity index (χ4n) is 2.19. The molecule has 1 amide bonds. The van der Waals surface area contributed by atoms with E-state index in [2.05, 4.69) is 12.1 Å². The lowest BCUT2D eigenvalue weighted by Crippen LogP contribution is -2.28. The molecule has 1 aromatic rings. The number of carbonyl (C=O) groups is 1. The summed E-state index contributed by atoms with van der Waals surface area (Å²) < 4.78 is 0. The highest BCUT2D eigenvalue weighted by Crippen LogP contribution is 2.17. The monoisotopic (exact) mass is 288 g/mol. The Morgan fingerprint density at radius 2 is 2.14 bits per heavy atom. The maximum absolute atomic E-state index is 11.0. The second-order valence-electron chi connectivity index (χ2n) is 5.09. The summed E-state index contributed by atoms with van der Waals surface area (Å²) in [6.07, 6.45) is 0.718. The van der Waals surface area contributed by atoms with Crippen LogP contribution in [0.25, 0.3) is 0 Å². The van der Waals surface area contributed by atoms with E-state index >= 15 is 0 Å². The van der Waals surface area contributed by atoms with Crippen molar-refractivity contribution in [1.29, 1.82) is 5.41 Å². The van der Waals surface area contributed by atoms with Gasteiger partial charge in [0.15, 0.2) is 0 Å². The molecule has 3 N–H and O–H groups in total. The first-order valence-corrected chi connectivity index (χ1v) is 6.95. The van der Waals surface area contributed by atoms with Gasteiger partial charge in [0.05, 0.1) is 5.71 Å². The molecule has 0 aliphatic carbocycles. The van der Waals surface area contributed by atoms with Crippen molar-refractivity contribution in [2.75, 3.05) is 13.6 Å². The fourth-order valence-corrected chi connectivity index (χ4v) is 2.19. The normalized spacial score (nSPS) is 17.0. The highest BCUT2D eigenvalue weighted by molar-refractivity contribution is 6.04. The van der Waals surface area contributed by atoms with E-state index in [-0.39, 0.29) is 0 Å². The molecule has 1 atom stereocenters. The Morgan fingerprint density at radius 3 is 2.67 bits per heavy atom. The molecular weight excluding hydrogens is 268 g/mol. The van der Waals surface area contributed by atoms with E-state index in [4.69, 9.17) is 16.0 Å². The quantitative estimate of drug-likeness (QED) is 0.632. The van der Waals surface area contributed by atoms with Crippen molar-refractivity contribution < 1.29 is 9.63 Å². The number of amidine groups is 1. The molecule has 0 spiro atoms. The molecule has 112 valence electrons. The van der Waals surface area contributed by atoms with Crippen molar-refractivity contribution in [3.63, 3.8) is 0 Å². The Morgan fingerprint density at radius 1 is 1.48 bits per heavy atom. The highest BCUT2D eigenvalue weighted by Gasteiger charge is 2.26. The number of hydrogen-bond donors (Lipinski definition) is 2. The molecule has 0 aromatic heterocycles. The van der Waals surface area contributed by atoms with Gasteiger partial charge in [-0.3, -0.25) is 10.2 Å². The van der Waals surface area contributed by atoms with Gasteiger partial charge in [0.25, 0.3) is 5.91 Å². The van der Waals surface area contributed by atoms with Crippen LogP contribution in [0.3, 0.4) is 0 Å². The second-order valence-corrected chi connectivity index (χ2v) is 5.09. The van der Waals surface area contributed by atoms with Crippen molar-refractivity contribution in [1.82, 2.24) is 4.90 Å². The average molecular weight is 288 g/mol. The smallest absolute Gasteiger partial charge is 0.261 e. The Hall–Kier alpha value is -2.37. The molecule has 1 aromatic carbocycles. The van der Waals surface area contributed by atoms with Crippen LogP contribution in [-0.4, -0.2) is 42.1 Å². The van der Waals surface area contributed by atoms with Crippen LogP contribution in [0, 0.1) is 5.41 Å². The SMILES string of the molecule is CCCN(C)C(=N)c1ccc(C2=NOC(C(N)=O)C2)cc1. The first-order valence-electron chi connectivity index (χ1n) is 6.95. The van der Waals surface area contributed by atoms with Crippen LogP contribution < -0.4 is 5.73 Å². The lowest BCUT2D eigenvalue weighted by atomic mass is 10.0. The van der Waals surface area contributed by atoms with Crippen LogP contribution in [-0.2, 0) is 9.63 Å². The molecule has 0 radical (unpaired) electrons. The summed E-state index contributed by atoms with van der Waals surface area (Å²) in [4.78, 5) is 18.0. The molecule has 1 unspecified atom stereocenters. The maximum Gasteiger partial charge on any atom is 0.261 e. The van der Waals surface area contributed by atoms with E-state index in [0.717, 1.165) is 24.1 Å². The van der Waals surface area contributed by atoms with Crippen molar-refractivity contribution in [3.05, 3.63) is 35.4 Å². The molecule has 6 nitrogen and oxygen atoms in total. The van der Waals surface area contributed by atoms with Crippen molar-refractivity contribution in [2.24, 2.45) is 10.9 Å². The second kappa shape index (κ2) is 6.39. The number of primary amides is 1. The summed E-state index contributed by atoms with van der Waals surface area (Å²) in [6, 6.07) is 7.53. The Labute approximate surface area is 124 Å². The van der Waals surface area contributed by atoms with E-state index in [1.54, 1.807) is 0 Å². The van der Waals surface area contributed by atoms with E-state index in [1.807, 2.05) is 36.2 Å².